The van der Waals surface area contributed by atoms with Gasteiger partial charge < -0.3 is 11.5 Å². The summed E-state index contributed by atoms with van der Waals surface area (Å²) in [4.78, 5) is 15.1. The van der Waals surface area contributed by atoms with Crippen LogP contribution in [0.15, 0.2) is 23.2 Å². The number of nitrogens with one attached hydrogen (secondary N) is 1. The lowest BCUT2D eigenvalue weighted by Crippen LogP contribution is -2.24. The number of sulfonamides is 1. The van der Waals surface area contributed by atoms with Gasteiger partial charge in [-0.05, 0) is 23.6 Å². The number of nitrogens with two attached hydrogens (primary N) is 2. The van der Waals surface area contributed by atoms with Gasteiger partial charge in [0.15, 0.2) is 5.96 Å². The van der Waals surface area contributed by atoms with Crippen molar-refractivity contribution in [1.82, 2.24) is 0 Å². The summed E-state index contributed by atoms with van der Waals surface area (Å²) in [6.07, 6.45) is 1.04. The summed E-state index contributed by atoms with van der Waals surface area (Å²) >= 11 is 0. The van der Waals surface area contributed by atoms with Crippen molar-refractivity contribution in [1.29, 1.82) is 0 Å². The molecule has 0 aliphatic carbocycles. The van der Waals surface area contributed by atoms with Crippen LogP contribution >= 0.6 is 12.4 Å². The fourth-order valence-electron chi connectivity index (χ4n) is 1.66. The summed E-state index contributed by atoms with van der Waals surface area (Å²) in [5.74, 6) is -0.885. The Morgan fingerprint density at radius 3 is 2.29 bits per heavy atom. The van der Waals surface area contributed by atoms with Gasteiger partial charge in [0.2, 0.25) is 10.0 Å². The summed E-state index contributed by atoms with van der Waals surface area (Å²) in [5, 5.41) is 0. The van der Waals surface area contributed by atoms with Gasteiger partial charge in [-0.1, -0.05) is 19.9 Å². The van der Waals surface area contributed by atoms with Gasteiger partial charge in [-0.15, -0.1) is 12.4 Å². The standard InChI is InChI=1S/C12H18N4O3S.ClH/c1-7(2)9-5-4-8(11(17)15-12(13)14)6-10(9)16-20(3,18)19;/h4-7,16H,1-3H3,(H4,13,14,15,17);1H. The number of amides is 1. The van der Waals surface area contributed by atoms with E-state index in [2.05, 4.69) is 9.71 Å². The first-order valence-electron chi connectivity index (χ1n) is 5.86. The molecule has 0 spiro atoms. The van der Waals surface area contributed by atoms with Crippen LogP contribution in [0.3, 0.4) is 0 Å². The molecule has 0 aliphatic rings. The molecule has 1 amide bonds. The Bertz CT molecular complexity index is 652. The van der Waals surface area contributed by atoms with Gasteiger partial charge in [0.05, 0.1) is 11.9 Å². The molecule has 1 aromatic rings. The topological polar surface area (TPSA) is 128 Å². The van der Waals surface area contributed by atoms with Crippen LogP contribution in [0.4, 0.5) is 5.69 Å². The minimum absolute atomic E-state index is 0. The molecular weight excluding hydrogens is 316 g/mol. The number of guanidine groups is 1. The molecule has 0 heterocycles. The van der Waals surface area contributed by atoms with Crippen LogP contribution in [0.25, 0.3) is 0 Å². The Morgan fingerprint density at radius 1 is 1.29 bits per heavy atom. The van der Waals surface area contributed by atoms with Crippen LogP contribution in [0.1, 0.15) is 35.7 Å². The maximum atomic E-state index is 11.7. The number of nitrogens with zero attached hydrogens (tertiary/aromatic N) is 1. The largest absolute Gasteiger partial charge is 0.370 e. The fraction of sp³-hybridized carbons (Fsp3) is 0.333. The number of hydrogen-bond donors (Lipinski definition) is 3. The first-order valence-corrected chi connectivity index (χ1v) is 7.75. The van der Waals surface area contributed by atoms with E-state index in [1.54, 1.807) is 12.1 Å². The van der Waals surface area contributed by atoms with Crippen molar-refractivity contribution in [3.8, 4) is 0 Å². The molecule has 1 aromatic carbocycles. The highest BCUT2D eigenvalue weighted by molar-refractivity contribution is 7.92. The minimum atomic E-state index is -3.45. The highest BCUT2D eigenvalue weighted by Crippen LogP contribution is 2.26. The molecule has 21 heavy (non-hydrogen) atoms. The Balaban J connectivity index is 0.00000400. The Kier molecular flexibility index (Phi) is 6.65. The summed E-state index contributed by atoms with van der Waals surface area (Å²) in [5.41, 5.74) is 11.6. The average Bonchev–Trinajstić information content (AvgIpc) is 2.25. The molecule has 0 aliphatic heterocycles. The lowest BCUT2D eigenvalue weighted by molar-refractivity contribution is 0.100. The van der Waals surface area contributed by atoms with Gasteiger partial charge in [-0.25, -0.2) is 8.42 Å². The van der Waals surface area contributed by atoms with Crippen LogP contribution in [-0.4, -0.2) is 26.5 Å². The smallest absolute Gasteiger partial charge is 0.280 e. The third kappa shape index (κ3) is 6.01. The average molecular weight is 335 g/mol. The zero-order valence-corrected chi connectivity index (χ0v) is 13.6. The molecule has 0 saturated heterocycles. The summed E-state index contributed by atoms with van der Waals surface area (Å²) in [6.45, 7) is 3.83. The predicted molar refractivity (Wildman–Crippen MR) is 86.4 cm³/mol. The van der Waals surface area contributed by atoms with Crippen molar-refractivity contribution >= 4 is 40.0 Å². The molecule has 0 atom stereocenters. The van der Waals surface area contributed by atoms with Gasteiger partial charge >= 0.3 is 0 Å². The lowest BCUT2D eigenvalue weighted by atomic mass is 9.99. The molecule has 9 heteroatoms. The van der Waals surface area contributed by atoms with Crippen molar-refractivity contribution in [2.75, 3.05) is 11.0 Å². The van der Waals surface area contributed by atoms with Crippen molar-refractivity contribution in [2.24, 2.45) is 16.5 Å². The first kappa shape index (κ1) is 19.2. The minimum Gasteiger partial charge on any atom is -0.370 e. The molecule has 5 N–H and O–H groups in total. The summed E-state index contributed by atoms with van der Waals surface area (Å²) in [6, 6.07) is 4.65. The van der Waals surface area contributed by atoms with Crippen molar-refractivity contribution in [2.45, 2.75) is 19.8 Å². The third-order valence-corrected chi connectivity index (χ3v) is 3.04. The van der Waals surface area contributed by atoms with E-state index in [1.807, 2.05) is 13.8 Å². The van der Waals surface area contributed by atoms with Crippen molar-refractivity contribution < 1.29 is 13.2 Å². The number of carbonyl (C=O) groups is 1. The number of carbonyl (C=O) groups excluding carboxylic acids is 1. The number of halogens is 1. The SMILES string of the molecule is CC(C)c1ccc(C(=O)N=C(N)N)cc1NS(C)(=O)=O.Cl. The molecule has 0 saturated carbocycles. The van der Waals surface area contributed by atoms with E-state index in [-0.39, 0.29) is 29.8 Å². The van der Waals surface area contributed by atoms with Crippen LogP contribution in [0.2, 0.25) is 0 Å². The Hall–Kier alpha value is -1.80. The van der Waals surface area contributed by atoms with E-state index in [9.17, 15) is 13.2 Å². The molecular formula is C12H19ClN4O3S. The monoisotopic (exact) mass is 334 g/mol. The van der Waals surface area contributed by atoms with Crippen LogP contribution in [0.5, 0.6) is 0 Å². The van der Waals surface area contributed by atoms with Crippen LogP contribution in [-0.2, 0) is 10.0 Å². The molecule has 0 fully saturated rings. The molecule has 118 valence electrons. The Labute approximate surface area is 130 Å². The second kappa shape index (κ2) is 7.28. The first-order chi connectivity index (χ1) is 9.10. The van der Waals surface area contributed by atoms with Crippen LogP contribution in [0, 0.1) is 0 Å². The zero-order chi connectivity index (χ0) is 15.5. The normalized spacial score (nSPS) is 10.7. The van der Waals surface area contributed by atoms with Crippen LogP contribution < -0.4 is 16.2 Å². The fourth-order valence-corrected chi connectivity index (χ4v) is 2.24. The number of anilines is 1. The molecule has 0 unspecified atom stereocenters. The van der Waals surface area contributed by atoms with Gasteiger partial charge in [0.25, 0.3) is 5.91 Å². The maximum Gasteiger partial charge on any atom is 0.280 e. The number of benzene rings is 1. The highest BCUT2D eigenvalue weighted by Gasteiger charge is 2.14. The van der Waals surface area contributed by atoms with Gasteiger partial charge in [-0.3, -0.25) is 9.52 Å². The Morgan fingerprint density at radius 2 is 1.86 bits per heavy atom. The molecule has 1 rings (SSSR count). The van der Waals surface area contributed by atoms with E-state index in [0.29, 0.717) is 5.69 Å². The highest BCUT2D eigenvalue weighted by atomic mass is 35.5. The predicted octanol–water partition coefficient (Wildman–Crippen LogP) is 1.02. The van der Waals surface area contributed by atoms with Gasteiger partial charge in [0.1, 0.15) is 0 Å². The molecule has 7 nitrogen and oxygen atoms in total. The molecule has 0 aromatic heterocycles. The maximum absolute atomic E-state index is 11.7. The molecule has 0 radical (unpaired) electrons. The molecule has 0 bridgehead atoms. The lowest BCUT2D eigenvalue weighted by Gasteiger charge is -2.14. The van der Waals surface area contributed by atoms with E-state index >= 15 is 0 Å². The number of hydrogen-bond acceptors (Lipinski definition) is 3. The second-order valence-corrected chi connectivity index (χ2v) is 6.42. The number of rotatable bonds is 4. The zero-order valence-electron chi connectivity index (χ0n) is 12.0. The summed E-state index contributed by atoms with van der Waals surface area (Å²) in [7, 11) is -3.45. The van der Waals surface area contributed by atoms with Gasteiger partial charge in [-0.2, -0.15) is 4.99 Å². The number of aliphatic imine (C=N–C) groups is 1. The van der Waals surface area contributed by atoms with Crippen molar-refractivity contribution in [3.05, 3.63) is 29.3 Å². The quantitative estimate of drug-likeness (QED) is 0.559. The van der Waals surface area contributed by atoms with E-state index < -0.39 is 15.9 Å². The third-order valence-electron chi connectivity index (χ3n) is 2.45. The van der Waals surface area contributed by atoms with E-state index in [1.165, 1.54) is 6.07 Å². The van der Waals surface area contributed by atoms with Gasteiger partial charge in [0, 0.05) is 5.56 Å². The summed E-state index contributed by atoms with van der Waals surface area (Å²) < 4.78 is 25.1. The second-order valence-electron chi connectivity index (χ2n) is 4.67. The van der Waals surface area contributed by atoms with E-state index in [0.717, 1.165) is 11.8 Å². The van der Waals surface area contributed by atoms with Crippen molar-refractivity contribution in [3.63, 3.8) is 0 Å². The van der Waals surface area contributed by atoms with E-state index in [4.69, 9.17) is 11.5 Å².